The molecule has 0 aliphatic carbocycles. The average Bonchev–Trinajstić information content (AvgIpc) is 2.78. The number of hydrogen-bond acceptors (Lipinski definition) is 4. The highest BCUT2D eigenvalue weighted by molar-refractivity contribution is 7.86. The summed E-state index contributed by atoms with van der Waals surface area (Å²) in [7, 11) is -3.95. The van der Waals surface area contributed by atoms with Gasteiger partial charge in [0.05, 0.1) is 14.9 Å². The van der Waals surface area contributed by atoms with Crippen molar-refractivity contribution >= 4 is 39.4 Å². The maximum absolute atomic E-state index is 12.6. The van der Waals surface area contributed by atoms with Crippen LogP contribution in [0.3, 0.4) is 0 Å². The molecule has 3 aromatic carbocycles. The number of benzene rings is 3. The van der Waals surface area contributed by atoms with E-state index in [0.29, 0.717) is 26.9 Å². The van der Waals surface area contributed by atoms with E-state index in [2.05, 4.69) is 6.58 Å². The molecule has 0 amide bonds. The van der Waals surface area contributed by atoms with Gasteiger partial charge in [-0.05, 0) is 44.2 Å². The number of para-hydroxylation sites is 1. The van der Waals surface area contributed by atoms with Gasteiger partial charge in [0, 0.05) is 16.7 Å². The Hall–Kier alpha value is -2.57. The van der Waals surface area contributed by atoms with E-state index in [4.69, 9.17) is 32.1 Å². The van der Waals surface area contributed by atoms with Crippen LogP contribution in [-0.4, -0.2) is 21.1 Å². The van der Waals surface area contributed by atoms with Crippen LogP contribution >= 0.6 is 23.2 Å². The van der Waals surface area contributed by atoms with Crippen LogP contribution in [0.4, 0.5) is 0 Å². The molecular formula is C26H24Cl2O4S. The summed E-state index contributed by atoms with van der Waals surface area (Å²) in [5.74, 6) is 0.492. The van der Waals surface area contributed by atoms with Crippen molar-refractivity contribution in [1.29, 1.82) is 0 Å². The predicted octanol–water partition coefficient (Wildman–Crippen LogP) is 7.34. The quantitative estimate of drug-likeness (QED) is 0.226. The monoisotopic (exact) mass is 502 g/mol. The highest BCUT2D eigenvalue weighted by atomic mass is 35.5. The topological polar surface area (TPSA) is 52.6 Å². The Labute approximate surface area is 205 Å². The lowest BCUT2D eigenvalue weighted by Gasteiger charge is -2.21. The number of halogens is 2. The molecule has 7 heteroatoms. The first-order chi connectivity index (χ1) is 15.8. The summed E-state index contributed by atoms with van der Waals surface area (Å²) in [4.78, 5) is 0.0776. The second-order valence-corrected chi connectivity index (χ2v) is 9.69. The second-order valence-electron chi connectivity index (χ2n) is 7.26. The van der Waals surface area contributed by atoms with Crippen molar-refractivity contribution in [3.63, 3.8) is 0 Å². The maximum atomic E-state index is 12.6. The van der Waals surface area contributed by atoms with Crippen LogP contribution < -0.4 is 4.74 Å². The van der Waals surface area contributed by atoms with E-state index in [0.717, 1.165) is 11.1 Å². The first kappa shape index (κ1) is 25.1. The maximum Gasteiger partial charge on any atom is 0.297 e. The highest BCUT2D eigenvalue weighted by Gasteiger charge is 2.21. The van der Waals surface area contributed by atoms with Gasteiger partial charge in [-0.3, -0.25) is 4.18 Å². The molecule has 0 spiro atoms. The molecule has 3 rings (SSSR count). The zero-order chi connectivity index (χ0) is 24.0. The Kier molecular flexibility index (Phi) is 8.38. The lowest BCUT2D eigenvalue weighted by atomic mass is 10.0. The molecule has 0 aliphatic rings. The molecule has 0 radical (unpaired) electrons. The second kappa shape index (κ2) is 11.0. The Balaban J connectivity index is 1.93. The number of aryl methyl sites for hydroxylation is 1. The Morgan fingerprint density at radius 3 is 2.24 bits per heavy atom. The third kappa shape index (κ3) is 6.06. The molecule has 0 aromatic heterocycles. The predicted molar refractivity (Wildman–Crippen MR) is 136 cm³/mol. The van der Waals surface area contributed by atoms with Crippen LogP contribution in [0.5, 0.6) is 5.75 Å². The Morgan fingerprint density at radius 2 is 1.64 bits per heavy atom. The molecular weight excluding hydrogens is 479 g/mol. The van der Waals surface area contributed by atoms with Crippen molar-refractivity contribution in [2.45, 2.75) is 24.8 Å². The standard InChI is InChI=1S/C26H24Cl2O4S/c1-4-8-19-9-6-10-22(25-23(27)11-7-12-24(25)28)26(19)32-20(5-2)17-31-33(29,30)21-15-13-18(3)14-16-21/h4-16,20H,2,17H2,1,3H3. The Morgan fingerprint density at radius 1 is 1.00 bits per heavy atom. The summed E-state index contributed by atoms with van der Waals surface area (Å²) in [6.45, 7) is 7.30. The minimum Gasteiger partial charge on any atom is -0.483 e. The molecule has 4 nitrogen and oxygen atoms in total. The molecule has 0 heterocycles. The average molecular weight is 503 g/mol. The van der Waals surface area contributed by atoms with Crippen molar-refractivity contribution in [2.24, 2.45) is 0 Å². The van der Waals surface area contributed by atoms with Crippen molar-refractivity contribution < 1.29 is 17.3 Å². The van der Waals surface area contributed by atoms with E-state index in [-0.39, 0.29) is 11.5 Å². The summed E-state index contributed by atoms with van der Waals surface area (Å²) in [6.07, 6.45) is 4.50. The van der Waals surface area contributed by atoms with Gasteiger partial charge in [-0.15, -0.1) is 0 Å². The van der Waals surface area contributed by atoms with Gasteiger partial charge in [0.25, 0.3) is 10.1 Å². The summed E-state index contributed by atoms with van der Waals surface area (Å²) < 4.78 is 36.7. The zero-order valence-corrected chi connectivity index (χ0v) is 20.6. The minimum atomic E-state index is -3.95. The van der Waals surface area contributed by atoms with E-state index in [1.54, 1.807) is 30.3 Å². The van der Waals surface area contributed by atoms with Crippen molar-refractivity contribution in [2.75, 3.05) is 6.61 Å². The summed E-state index contributed by atoms with van der Waals surface area (Å²) in [5.41, 5.74) is 3.03. The lowest BCUT2D eigenvalue weighted by molar-refractivity contribution is 0.168. The van der Waals surface area contributed by atoms with E-state index in [1.807, 2.05) is 44.2 Å². The molecule has 1 atom stereocenters. The summed E-state index contributed by atoms with van der Waals surface area (Å²) in [5, 5.41) is 0.941. The first-order valence-electron chi connectivity index (χ1n) is 10.2. The highest BCUT2D eigenvalue weighted by Crippen LogP contribution is 2.42. The fourth-order valence-corrected chi connectivity index (χ4v) is 4.70. The van der Waals surface area contributed by atoms with Gasteiger partial charge in [0.15, 0.2) is 0 Å². The zero-order valence-electron chi connectivity index (χ0n) is 18.3. The van der Waals surface area contributed by atoms with Crippen molar-refractivity contribution in [3.05, 3.63) is 101 Å². The minimum absolute atomic E-state index is 0.0776. The van der Waals surface area contributed by atoms with Crippen LogP contribution in [0.2, 0.25) is 10.0 Å². The molecule has 3 aromatic rings. The molecule has 0 N–H and O–H groups in total. The fourth-order valence-electron chi connectivity index (χ4n) is 3.18. The molecule has 0 bridgehead atoms. The van der Waals surface area contributed by atoms with E-state index in [1.165, 1.54) is 18.2 Å². The van der Waals surface area contributed by atoms with Crippen molar-refractivity contribution in [1.82, 2.24) is 0 Å². The SMILES string of the molecule is C=CC(COS(=O)(=O)c1ccc(C)cc1)Oc1c(C=CC)cccc1-c1c(Cl)cccc1Cl. The van der Waals surface area contributed by atoms with Crippen LogP contribution in [0, 0.1) is 6.92 Å². The third-order valence-corrected chi connectivity index (χ3v) is 6.78. The molecule has 0 saturated carbocycles. The fraction of sp³-hybridized carbons (Fsp3) is 0.154. The van der Waals surface area contributed by atoms with E-state index < -0.39 is 16.2 Å². The lowest BCUT2D eigenvalue weighted by Crippen LogP contribution is -2.23. The molecule has 33 heavy (non-hydrogen) atoms. The summed E-state index contributed by atoms with van der Waals surface area (Å²) >= 11 is 12.9. The van der Waals surface area contributed by atoms with Crippen LogP contribution in [0.1, 0.15) is 18.1 Å². The van der Waals surface area contributed by atoms with Gasteiger partial charge in [-0.25, -0.2) is 0 Å². The van der Waals surface area contributed by atoms with Crippen LogP contribution in [-0.2, 0) is 14.3 Å². The normalized spacial score (nSPS) is 12.6. The molecule has 172 valence electrons. The largest absolute Gasteiger partial charge is 0.483 e. The molecule has 0 saturated heterocycles. The van der Waals surface area contributed by atoms with Crippen LogP contribution in [0.25, 0.3) is 17.2 Å². The van der Waals surface area contributed by atoms with E-state index >= 15 is 0 Å². The molecule has 0 aliphatic heterocycles. The number of hydrogen-bond donors (Lipinski definition) is 0. The van der Waals surface area contributed by atoms with Gasteiger partial charge in [0.1, 0.15) is 18.5 Å². The molecule has 0 fully saturated rings. The number of allylic oxidation sites excluding steroid dienone is 1. The molecule has 1 unspecified atom stereocenters. The van der Waals surface area contributed by atoms with Crippen molar-refractivity contribution in [3.8, 4) is 16.9 Å². The third-order valence-electron chi connectivity index (χ3n) is 4.85. The summed E-state index contributed by atoms with van der Waals surface area (Å²) in [6, 6.07) is 17.3. The Bertz CT molecular complexity index is 1250. The van der Waals surface area contributed by atoms with Gasteiger partial charge in [-0.2, -0.15) is 8.42 Å². The van der Waals surface area contributed by atoms with Crippen LogP contribution in [0.15, 0.2) is 84.3 Å². The van der Waals surface area contributed by atoms with Gasteiger partial charge < -0.3 is 4.74 Å². The number of ether oxygens (including phenoxy) is 1. The first-order valence-corrected chi connectivity index (χ1v) is 12.4. The van der Waals surface area contributed by atoms with E-state index in [9.17, 15) is 8.42 Å². The van der Waals surface area contributed by atoms with Gasteiger partial charge in [-0.1, -0.05) is 83.9 Å². The smallest absolute Gasteiger partial charge is 0.297 e. The number of rotatable bonds is 9. The van der Waals surface area contributed by atoms with Gasteiger partial charge in [0.2, 0.25) is 0 Å². The van der Waals surface area contributed by atoms with Gasteiger partial charge >= 0.3 is 0 Å².